The summed E-state index contributed by atoms with van der Waals surface area (Å²) in [4.78, 5) is 30.1. The fraction of sp³-hybridized carbons (Fsp3) is 0.192. The highest BCUT2D eigenvalue weighted by Gasteiger charge is 2.45. The fourth-order valence-electron chi connectivity index (χ4n) is 3.85. The molecule has 12 heteroatoms. The normalized spacial score (nSPS) is 15.6. The van der Waals surface area contributed by atoms with Crippen LogP contribution in [0.15, 0.2) is 80.6 Å². The van der Waals surface area contributed by atoms with Crippen molar-refractivity contribution in [2.75, 3.05) is 13.2 Å². The molecular weight excluding hydrogens is 609 g/mol. The minimum Gasteiger partial charge on any atom is -0.489 e. The molecule has 0 fully saturated rings. The Bertz CT molecular complexity index is 1610. The van der Waals surface area contributed by atoms with E-state index in [4.69, 9.17) is 21.1 Å². The second-order valence-electron chi connectivity index (χ2n) is 7.90. The van der Waals surface area contributed by atoms with E-state index in [0.29, 0.717) is 20.8 Å². The summed E-state index contributed by atoms with van der Waals surface area (Å²) in [6.07, 6.45) is -1.92. The van der Waals surface area contributed by atoms with Gasteiger partial charge in [0.25, 0.3) is 5.56 Å². The van der Waals surface area contributed by atoms with Crippen molar-refractivity contribution in [1.82, 2.24) is 4.57 Å². The van der Waals surface area contributed by atoms with E-state index < -0.39 is 35.0 Å². The number of esters is 1. The van der Waals surface area contributed by atoms with Gasteiger partial charge in [0.05, 0.1) is 22.8 Å². The maximum Gasteiger partial charge on any atom is 0.434 e. The number of carbonyl (C=O) groups excluding carboxylic acids is 1. The Hall–Kier alpha value is -3.15. The standard InChI is InChI=1S/C26H19BrClF3N2O4S/c1-3-11-37-18-10-7-16(27)12-15(18)13-19-23(34)33-21(14-5-8-17(28)9-6-14)20(24(35)36-4-2)22(26(29,30)31)32-25(33)38-19/h3,5-10,12-13,21H,1,4,11H2,2H3/b19-13-/t21-/m1/s1. The molecule has 0 saturated heterocycles. The molecule has 4 rings (SSSR count). The van der Waals surface area contributed by atoms with Crippen molar-refractivity contribution < 1.29 is 27.4 Å². The number of nitrogens with zero attached hydrogens (tertiary/aromatic N) is 2. The van der Waals surface area contributed by atoms with Gasteiger partial charge in [-0.1, -0.05) is 63.7 Å². The number of halogens is 5. The lowest BCUT2D eigenvalue weighted by Gasteiger charge is -2.26. The molecule has 0 unspecified atom stereocenters. The number of alkyl halides is 3. The first-order valence-electron chi connectivity index (χ1n) is 11.1. The van der Waals surface area contributed by atoms with Crippen molar-refractivity contribution in [3.05, 3.63) is 107 Å². The van der Waals surface area contributed by atoms with Crippen molar-refractivity contribution in [2.24, 2.45) is 4.99 Å². The van der Waals surface area contributed by atoms with Gasteiger partial charge in [0.2, 0.25) is 0 Å². The first-order chi connectivity index (χ1) is 18.0. The maximum atomic E-state index is 14.2. The predicted octanol–water partition coefficient (Wildman–Crippen LogP) is 5.32. The van der Waals surface area contributed by atoms with Gasteiger partial charge in [-0.15, -0.1) is 0 Å². The van der Waals surface area contributed by atoms with Gasteiger partial charge in [0.15, 0.2) is 10.5 Å². The topological polar surface area (TPSA) is 69.9 Å². The molecule has 0 spiro atoms. The van der Waals surface area contributed by atoms with Gasteiger partial charge in [-0.05, 0) is 48.9 Å². The van der Waals surface area contributed by atoms with Gasteiger partial charge in [-0.2, -0.15) is 13.2 Å². The number of ether oxygens (including phenoxy) is 2. The molecule has 2 heterocycles. The van der Waals surface area contributed by atoms with Crippen LogP contribution >= 0.6 is 38.9 Å². The summed E-state index contributed by atoms with van der Waals surface area (Å²) in [7, 11) is 0. The maximum absolute atomic E-state index is 14.2. The molecule has 0 saturated carbocycles. The van der Waals surface area contributed by atoms with Crippen LogP contribution in [0.2, 0.25) is 5.02 Å². The van der Waals surface area contributed by atoms with E-state index in [1.54, 1.807) is 24.3 Å². The van der Waals surface area contributed by atoms with E-state index in [2.05, 4.69) is 27.5 Å². The molecule has 198 valence electrons. The van der Waals surface area contributed by atoms with Crippen molar-refractivity contribution in [3.63, 3.8) is 0 Å². The molecule has 0 N–H and O–H groups in total. The quantitative estimate of drug-likeness (QED) is 0.263. The van der Waals surface area contributed by atoms with Crippen LogP contribution in [0.1, 0.15) is 24.1 Å². The largest absolute Gasteiger partial charge is 0.489 e. The highest BCUT2D eigenvalue weighted by atomic mass is 79.9. The van der Waals surface area contributed by atoms with Crippen molar-refractivity contribution in [1.29, 1.82) is 0 Å². The second kappa shape index (κ2) is 11.3. The van der Waals surface area contributed by atoms with E-state index in [-0.39, 0.29) is 28.1 Å². The van der Waals surface area contributed by atoms with Crippen molar-refractivity contribution in [2.45, 2.75) is 19.1 Å². The van der Waals surface area contributed by atoms with E-state index in [9.17, 15) is 22.8 Å². The lowest BCUT2D eigenvalue weighted by atomic mass is 9.95. The Labute approximate surface area is 232 Å². The summed E-state index contributed by atoms with van der Waals surface area (Å²) < 4.78 is 55.1. The van der Waals surface area contributed by atoms with E-state index >= 15 is 0 Å². The number of allylic oxidation sites excluding steroid dienone is 1. The minimum absolute atomic E-state index is 0.0934. The summed E-state index contributed by atoms with van der Waals surface area (Å²) in [6, 6.07) is 9.54. The molecule has 0 aliphatic carbocycles. The Balaban J connectivity index is 2.03. The van der Waals surface area contributed by atoms with Crippen LogP contribution in [0.5, 0.6) is 5.75 Å². The van der Waals surface area contributed by atoms with Crippen LogP contribution in [-0.2, 0) is 9.53 Å². The van der Waals surface area contributed by atoms with Crippen LogP contribution in [0, 0.1) is 0 Å². The number of rotatable bonds is 7. The lowest BCUT2D eigenvalue weighted by Crippen LogP contribution is -2.41. The molecule has 1 aromatic heterocycles. The molecule has 2 aromatic carbocycles. The molecule has 0 radical (unpaired) electrons. The first kappa shape index (κ1) is 27.9. The monoisotopic (exact) mass is 626 g/mol. The highest BCUT2D eigenvalue weighted by molar-refractivity contribution is 9.10. The fourth-order valence-corrected chi connectivity index (χ4v) is 5.35. The third-order valence-electron chi connectivity index (χ3n) is 5.40. The van der Waals surface area contributed by atoms with Crippen LogP contribution in [0.3, 0.4) is 0 Å². The summed E-state index contributed by atoms with van der Waals surface area (Å²) in [5.74, 6) is -0.777. The number of hydrogen-bond acceptors (Lipinski definition) is 6. The molecule has 38 heavy (non-hydrogen) atoms. The van der Waals surface area contributed by atoms with Crippen molar-refractivity contribution >= 4 is 50.9 Å². The number of carbonyl (C=O) groups is 1. The summed E-state index contributed by atoms with van der Waals surface area (Å²) in [5.41, 5.74) is -2.08. The number of hydrogen-bond donors (Lipinski definition) is 0. The molecule has 0 amide bonds. The third-order valence-corrected chi connectivity index (χ3v) is 7.12. The van der Waals surface area contributed by atoms with Gasteiger partial charge in [0.1, 0.15) is 12.4 Å². The second-order valence-corrected chi connectivity index (χ2v) is 10.3. The van der Waals surface area contributed by atoms with E-state index in [1.165, 1.54) is 37.3 Å². The third kappa shape index (κ3) is 5.64. The first-order valence-corrected chi connectivity index (χ1v) is 13.1. The smallest absolute Gasteiger partial charge is 0.434 e. The molecule has 0 bridgehead atoms. The molecule has 3 aromatic rings. The molecule has 1 aliphatic rings. The molecule has 6 nitrogen and oxygen atoms in total. The van der Waals surface area contributed by atoms with Crippen LogP contribution in [-0.4, -0.2) is 29.9 Å². The lowest BCUT2D eigenvalue weighted by molar-refractivity contribution is -0.140. The van der Waals surface area contributed by atoms with E-state index in [0.717, 1.165) is 15.9 Å². The van der Waals surface area contributed by atoms with Gasteiger partial charge < -0.3 is 9.47 Å². The summed E-state index contributed by atoms with van der Waals surface area (Å²) >= 11 is 10.1. The summed E-state index contributed by atoms with van der Waals surface area (Å²) in [5, 5.41) is 0.334. The Morgan fingerprint density at radius 3 is 2.61 bits per heavy atom. The zero-order valence-electron chi connectivity index (χ0n) is 19.7. The Kier molecular flexibility index (Phi) is 8.29. The molecule has 1 atom stereocenters. The zero-order chi connectivity index (χ0) is 27.6. The molecule has 1 aliphatic heterocycles. The van der Waals surface area contributed by atoms with Crippen LogP contribution in [0.4, 0.5) is 13.2 Å². The molecular formula is C26H19BrClF3N2O4S. The Morgan fingerprint density at radius 1 is 1.26 bits per heavy atom. The number of aromatic nitrogens is 1. The number of fused-ring (bicyclic) bond motifs is 1. The van der Waals surface area contributed by atoms with Gasteiger partial charge in [-0.25, -0.2) is 9.79 Å². The predicted molar refractivity (Wildman–Crippen MR) is 142 cm³/mol. The van der Waals surface area contributed by atoms with Crippen molar-refractivity contribution in [3.8, 4) is 5.75 Å². The van der Waals surface area contributed by atoms with E-state index in [1.807, 2.05) is 0 Å². The average Bonchev–Trinajstić information content (AvgIpc) is 3.17. The SMILES string of the molecule is C=CCOc1ccc(Br)cc1/C=c1\sc2n(c1=O)[C@H](c1ccc(Cl)cc1)C(C(=O)OCC)=C(C(F)(F)F)N=2. The van der Waals surface area contributed by atoms with Gasteiger partial charge >= 0.3 is 12.1 Å². The minimum atomic E-state index is -4.99. The van der Waals surface area contributed by atoms with Crippen LogP contribution < -0.4 is 19.6 Å². The number of benzene rings is 2. The summed E-state index contributed by atoms with van der Waals surface area (Å²) in [6.45, 7) is 5.13. The van der Waals surface area contributed by atoms with Gasteiger partial charge in [0, 0.05) is 15.1 Å². The number of thiazole rings is 1. The highest BCUT2D eigenvalue weighted by Crippen LogP contribution is 2.38. The average molecular weight is 628 g/mol. The zero-order valence-corrected chi connectivity index (χ0v) is 22.9. The Morgan fingerprint density at radius 2 is 1.97 bits per heavy atom. The van der Waals surface area contributed by atoms with Crippen LogP contribution in [0.25, 0.3) is 6.08 Å². The van der Waals surface area contributed by atoms with Gasteiger partial charge in [-0.3, -0.25) is 9.36 Å².